The van der Waals surface area contributed by atoms with Crippen LogP contribution >= 0.6 is 0 Å². The van der Waals surface area contributed by atoms with E-state index in [0.717, 1.165) is 11.3 Å². The summed E-state index contributed by atoms with van der Waals surface area (Å²) in [6.45, 7) is 6.61. The largest absolute Gasteiger partial charge is 0.312 e. The lowest BCUT2D eigenvalue weighted by Gasteiger charge is -2.17. The van der Waals surface area contributed by atoms with E-state index in [9.17, 15) is 9.59 Å². The minimum Gasteiger partial charge on any atom is -0.312 e. The summed E-state index contributed by atoms with van der Waals surface area (Å²) < 4.78 is 0. The Hall–Kier alpha value is -2.69. The second-order valence-corrected chi connectivity index (χ2v) is 6.86. The molecule has 1 fully saturated rings. The molecule has 0 unspecified atom stereocenters. The van der Waals surface area contributed by atoms with Gasteiger partial charge in [-0.15, -0.1) is 0 Å². The summed E-state index contributed by atoms with van der Waals surface area (Å²) in [5.74, 6) is 0.433. The maximum Gasteiger partial charge on any atom is 0.230 e. The van der Waals surface area contributed by atoms with Crippen molar-refractivity contribution in [2.45, 2.75) is 33.1 Å². The Balaban J connectivity index is 1.68. The zero-order valence-corrected chi connectivity index (χ0v) is 14.8. The highest BCUT2D eigenvalue weighted by Crippen LogP contribution is 2.27. The molecule has 130 valence electrons. The molecular weight excluding hydrogens is 314 g/mol. The van der Waals surface area contributed by atoms with Gasteiger partial charge in [0, 0.05) is 24.8 Å². The standard InChI is InChI=1S/C20H23N3O2/c1-13(2)15-4-6-17(7-5-15)23-12-16(11-19(23)24)20(25)22-18-10-14(3)8-9-21-18/h4-10,13,16H,11-12H2,1-3H3,(H,21,22,25)/t16-/m1/s1. The Bertz CT molecular complexity index is 784. The first-order valence-electron chi connectivity index (χ1n) is 8.58. The van der Waals surface area contributed by atoms with Crippen LogP contribution in [0.2, 0.25) is 0 Å². The Labute approximate surface area is 148 Å². The van der Waals surface area contributed by atoms with Gasteiger partial charge in [-0.2, -0.15) is 0 Å². The molecule has 1 aromatic carbocycles. The van der Waals surface area contributed by atoms with E-state index in [2.05, 4.69) is 24.1 Å². The fourth-order valence-electron chi connectivity index (χ4n) is 3.00. The van der Waals surface area contributed by atoms with Crippen LogP contribution in [0.4, 0.5) is 11.5 Å². The van der Waals surface area contributed by atoms with Crippen LogP contribution in [0.1, 0.15) is 37.3 Å². The van der Waals surface area contributed by atoms with Crippen LogP contribution in [0, 0.1) is 12.8 Å². The van der Waals surface area contributed by atoms with E-state index in [4.69, 9.17) is 0 Å². The normalized spacial score (nSPS) is 17.2. The molecule has 1 aromatic heterocycles. The van der Waals surface area contributed by atoms with Crippen LogP contribution in [0.5, 0.6) is 0 Å². The number of hydrogen-bond donors (Lipinski definition) is 1. The summed E-state index contributed by atoms with van der Waals surface area (Å²) in [4.78, 5) is 30.6. The second kappa shape index (κ2) is 7.05. The van der Waals surface area contributed by atoms with Crippen molar-refractivity contribution < 1.29 is 9.59 Å². The molecular formula is C20H23N3O2. The molecule has 2 heterocycles. The number of hydrogen-bond acceptors (Lipinski definition) is 3. The van der Waals surface area contributed by atoms with Crippen molar-refractivity contribution in [3.8, 4) is 0 Å². The summed E-state index contributed by atoms with van der Waals surface area (Å²) in [6, 6.07) is 11.7. The van der Waals surface area contributed by atoms with Gasteiger partial charge in [0.15, 0.2) is 0 Å². The fraction of sp³-hybridized carbons (Fsp3) is 0.350. The molecule has 1 aliphatic rings. The van der Waals surface area contributed by atoms with Gasteiger partial charge in [-0.25, -0.2) is 4.98 Å². The molecule has 25 heavy (non-hydrogen) atoms. The Morgan fingerprint density at radius 2 is 1.96 bits per heavy atom. The third-order valence-electron chi connectivity index (χ3n) is 4.53. The third-order valence-corrected chi connectivity index (χ3v) is 4.53. The molecule has 0 saturated carbocycles. The number of benzene rings is 1. The zero-order chi connectivity index (χ0) is 18.0. The van der Waals surface area contributed by atoms with Gasteiger partial charge in [0.1, 0.15) is 5.82 Å². The van der Waals surface area contributed by atoms with E-state index in [1.165, 1.54) is 5.56 Å². The zero-order valence-electron chi connectivity index (χ0n) is 14.8. The molecule has 0 bridgehead atoms. The van der Waals surface area contributed by atoms with E-state index in [1.807, 2.05) is 43.3 Å². The maximum absolute atomic E-state index is 12.5. The lowest BCUT2D eigenvalue weighted by Crippen LogP contribution is -2.28. The topological polar surface area (TPSA) is 62.3 Å². The first-order chi connectivity index (χ1) is 11.9. The smallest absolute Gasteiger partial charge is 0.230 e. The molecule has 5 heteroatoms. The number of anilines is 2. The highest BCUT2D eigenvalue weighted by Gasteiger charge is 2.35. The molecule has 0 spiro atoms. The van der Waals surface area contributed by atoms with E-state index in [1.54, 1.807) is 11.1 Å². The van der Waals surface area contributed by atoms with Crippen LogP contribution < -0.4 is 10.2 Å². The molecule has 1 aliphatic heterocycles. The summed E-state index contributed by atoms with van der Waals surface area (Å²) in [6.07, 6.45) is 1.89. The van der Waals surface area contributed by atoms with Gasteiger partial charge in [-0.3, -0.25) is 9.59 Å². The lowest BCUT2D eigenvalue weighted by molar-refractivity contribution is -0.122. The number of nitrogens with zero attached hydrogens (tertiary/aromatic N) is 2. The van der Waals surface area contributed by atoms with Crippen LogP contribution in [-0.2, 0) is 9.59 Å². The van der Waals surface area contributed by atoms with Crippen molar-refractivity contribution >= 4 is 23.3 Å². The minimum atomic E-state index is -0.361. The number of amides is 2. The highest BCUT2D eigenvalue weighted by molar-refractivity contribution is 6.03. The predicted molar refractivity (Wildman–Crippen MR) is 98.6 cm³/mol. The van der Waals surface area contributed by atoms with Crippen molar-refractivity contribution in [1.82, 2.24) is 4.98 Å². The predicted octanol–water partition coefficient (Wildman–Crippen LogP) is 3.51. The maximum atomic E-state index is 12.5. The van der Waals surface area contributed by atoms with Crippen LogP contribution in [0.3, 0.4) is 0 Å². The Kier molecular flexibility index (Phi) is 4.83. The number of aromatic nitrogens is 1. The van der Waals surface area contributed by atoms with Crippen LogP contribution in [0.15, 0.2) is 42.6 Å². The summed E-state index contributed by atoms with van der Waals surface area (Å²) >= 11 is 0. The number of carbonyl (C=O) groups excluding carboxylic acids is 2. The van der Waals surface area contributed by atoms with E-state index >= 15 is 0 Å². The van der Waals surface area contributed by atoms with Crippen molar-refractivity contribution in [3.05, 3.63) is 53.7 Å². The molecule has 0 radical (unpaired) electrons. The summed E-state index contributed by atoms with van der Waals surface area (Å²) in [7, 11) is 0. The van der Waals surface area contributed by atoms with Crippen molar-refractivity contribution in [2.75, 3.05) is 16.8 Å². The number of pyridine rings is 1. The molecule has 1 N–H and O–H groups in total. The Morgan fingerprint density at radius 3 is 2.60 bits per heavy atom. The lowest BCUT2D eigenvalue weighted by atomic mass is 10.0. The van der Waals surface area contributed by atoms with Crippen LogP contribution in [-0.4, -0.2) is 23.3 Å². The van der Waals surface area contributed by atoms with Gasteiger partial charge in [0.05, 0.1) is 5.92 Å². The monoisotopic (exact) mass is 337 g/mol. The number of nitrogens with one attached hydrogen (secondary N) is 1. The van der Waals surface area contributed by atoms with Gasteiger partial charge in [0.2, 0.25) is 11.8 Å². The van der Waals surface area contributed by atoms with E-state index in [-0.39, 0.29) is 24.2 Å². The molecule has 2 amide bonds. The molecule has 0 aliphatic carbocycles. The SMILES string of the molecule is Cc1ccnc(NC(=O)[C@@H]2CC(=O)N(c3ccc(C(C)C)cc3)C2)c1. The fourth-order valence-corrected chi connectivity index (χ4v) is 3.00. The Morgan fingerprint density at radius 1 is 1.24 bits per heavy atom. The third kappa shape index (κ3) is 3.87. The number of rotatable bonds is 4. The molecule has 1 atom stereocenters. The summed E-state index contributed by atoms with van der Waals surface area (Å²) in [5.41, 5.74) is 3.10. The second-order valence-electron chi connectivity index (χ2n) is 6.86. The molecule has 1 saturated heterocycles. The average Bonchev–Trinajstić information content (AvgIpc) is 2.97. The first kappa shape index (κ1) is 17.1. The van der Waals surface area contributed by atoms with Crippen molar-refractivity contribution in [3.63, 3.8) is 0 Å². The van der Waals surface area contributed by atoms with E-state index < -0.39 is 0 Å². The number of carbonyl (C=O) groups is 2. The number of aryl methyl sites for hydroxylation is 1. The first-order valence-corrected chi connectivity index (χ1v) is 8.58. The van der Waals surface area contributed by atoms with Gasteiger partial charge >= 0.3 is 0 Å². The highest BCUT2D eigenvalue weighted by atomic mass is 16.2. The molecule has 3 rings (SSSR count). The average molecular weight is 337 g/mol. The minimum absolute atomic E-state index is 0.0188. The molecule has 2 aromatic rings. The van der Waals surface area contributed by atoms with Gasteiger partial charge in [0.25, 0.3) is 0 Å². The van der Waals surface area contributed by atoms with Crippen molar-refractivity contribution in [2.24, 2.45) is 5.92 Å². The van der Waals surface area contributed by atoms with Gasteiger partial charge in [-0.05, 0) is 48.2 Å². The van der Waals surface area contributed by atoms with Gasteiger partial charge in [-0.1, -0.05) is 26.0 Å². The van der Waals surface area contributed by atoms with E-state index in [0.29, 0.717) is 18.3 Å². The van der Waals surface area contributed by atoms with Crippen LogP contribution in [0.25, 0.3) is 0 Å². The summed E-state index contributed by atoms with van der Waals surface area (Å²) in [5, 5.41) is 2.81. The quantitative estimate of drug-likeness (QED) is 0.929. The van der Waals surface area contributed by atoms with Gasteiger partial charge < -0.3 is 10.2 Å². The molecule has 5 nitrogen and oxygen atoms in total. The van der Waals surface area contributed by atoms with Crippen molar-refractivity contribution in [1.29, 1.82) is 0 Å².